The van der Waals surface area contributed by atoms with Crippen molar-refractivity contribution in [3.8, 4) is 0 Å². The van der Waals surface area contributed by atoms with E-state index in [0.29, 0.717) is 11.9 Å². The monoisotopic (exact) mass is 350 g/mol. The minimum Gasteiger partial charge on any atom is -0.378 e. The van der Waals surface area contributed by atoms with Gasteiger partial charge in [-0.15, -0.1) is 10.2 Å². The average molecular weight is 350 g/mol. The fourth-order valence-electron chi connectivity index (χ4n) is 2.77. The summed E-state index contributed by atoms with van der Waals surface area (Å²) in [6, 6.07) is 0.515. The first kappa shape index (κ1) is 15.9. The Hall–Kier alpha value is -1.61. The summed E-state index contributed by atoms with van der Waals surface area (Å²) in [6.07, 6.45) is 3.16. The van der Waals surface area contributed by atoms with Gasteiger partial charge in [0.15, 0.2) is 11.0 Å². The van der Waals surface area contributed by atoms with Crippen molar-refractivity contribution in [1.82, 2.24) is 24.9 Å². The van der Waals surface area contributed by atoms with E-state index in [1.807, 2.05) is 6.92 Å². The Morgan fingerprint density at radius 2 is 2.04 bits per heavy atom. The Morgan fingerprint density at radius 3 is 2.71 bits per heavy atom. The van der Waals surface area contributed by atoms with Crippen molar-refractivity contribution in [3.05, 3.63) is 11.7 Å². The number of aryl methyl sites for hydroxylation is 1. The third-order valence-electron chi connectivity index (χ3n) is 4.28. The van der Waals surface area contributed by atoms with Crippen LogP contribution in [0.25, 0.3) is 0 Å². The Kier molecular flexibility index (Phi) is 4.45. The normalized spacial score (nSPS) is 19.7. The summed E-state index contributed by atoms with van der Waals surface area (Å²) >= 11 is 1.64. The van der Waals surface area contributed by atoms with Crippen molar-refractivity contribution in [2.75, 3.05) is 31.2 Å². The van der Waals surface area contributed by atoms with Gasteiger partial charge < -0.3 is 14.2 Å². The van der Waals surface area contributed by atoms with E-state index in [9.17, 15) is 0 Å². The Labute approximate surface area is 144 Å². The second-order valence-corrected chi connectivity index (χ2v) is 7.45. The van der Waals surface area contributed by atoms with Crippen LogP contribution in [0.2, 0.25) is 0 Å². The zero-order valence-corrected chi connectivity index (χ0v) is 14.8. The van der Waals surface area contributed by atoms with Gasteiger partial charge in [-0.2, -0.15) is 4.98 Å². The molecule has 1 saturated heterocycles. The van der Waals surface area contributed by atoms with E-state index in [1.165, 1.54) is 12.8 Å². The van der Waals surface area contributed by atoms with Crippen molar-refractivity contribution < 1.29 is 9.26 Å². The molecule has 2 aromatic heterocycles. The summed E-state index contributed by atoms with van der Waals surface area (Å²) in [5.74, 6) is 2.36. The molecule has 0 bridgehead atoms. The van der Waals surface area contributed by atoms with E-state index in [1.54, 1.807) is 11.8 Å². The molecular formula is C15H22N6O2S. The minimum absolute atomic E-state index is 0.0528. The smallest absolute Gasteiger partial charge is 0.239 e. The Balaban J connectivity index is 1.55. The van der Waals surface area contributed by atoms with Crippen LogP contribution in [0.1, 0.15) is 49.7 Å². The molecule has 0 radical (unpaired) electrons. The van der Waals surface area contributed by atoms with E-state index in [2.05, 4.69) is 36.7 Å². The molecule has 1 atom stereocenters. The SMILES string of the molecule is CCc1noc(C(C)Sc2nnc(N3CCOCC3)n2C2CC2)n1. The zero-order chi connectivity index (χ0) is 16.5. The summed E-state index contributed by atoms with van der Waals surface area (Å²) < 4.78 is 13.1. The van der Waals surface area contributed by atoms with Gasteiger partial charge >= 0.3 is 0 Å². The zero-order valence-electron chi connectivity index (χ0n) is 14.0. The van der Waals surface area contributed by atoms with E-state index >= 15 is 0 Å². The minimum atomic E-state index is 0.0528. The Bertz CT molecular complexity index is 692. The maximum Gasteiger partial charge on any atom is 0.239 e. The number of aromatic nitrogens is 5. The number of nitrogens with zero attached hydrogens (tertiary/aromatic N) is 6. The van der Waals surface area contributed by atoms with Gasteiger partial charge in [-0.1, -0.05) is 23.8 Å². The lowest BCUT2D eigenvalue weighted by molar-refractivity contribution is 0.121. The maximum absolute atomic E-state index is 5.45. The van der Waals surface area contributed by atoms with Gasteiger partial charge in [0.1, 0.15) is 0 Å². The van der Waals surface area contributed by atoms with E-state index in [4.69, 9.17) is 9.26 Å². The molecular weight excluding hydrogens is 328 g/mol. The second kappa shape index (κ2) is 6.72. The van der Waals surface area contributed by atoms with Crippen LogP contribution < -0.4 is 4.90 Å². The molecule has 0 spiro atoms. The molecule has 130 valence electrons. The lowest BCUT2D eigenvalue weighted by Gasteiger charge is -2.28. The summed E-state index contributed by atoms with van der Waals surface area (Å²) in [5, 5.41) is 13.9. The molecule has 2 aromatic rings. The second-order valence-electron chi connectivity index (χ2n) is 6.15. The fourth-order valence-corrected chi connectivity index (χ4v) is 3.71. The van der Waals surface area contributed by atoms with Crippen molar-refractivity contribution in [1.29, 1.82) is 0 Å². The molecule has 1 saturated carbocycles. The molecule has 2 aliphatic rings. The van der Waals surface area contributed by atoms with Gasteiger partial charge in [0.25, 0.3) is 0 Å². The highest BCUT2D eigenvalue weighted by atomic mass is 32.2. The van der Waals surface area contributed by atoms with Crippen LogP contribution in [0.4, 0.5) is 5.95 Å². The third-order valence-corrected chi connectivity index (χ3v) is 5.33. The highest BCUT2D eigenvalue weighted by Gasteiger charge is 2.33. The van der Waals surface area contributed by atoms with Crippen LogP contribution in [0.5, 0.6) is 0 Å². The highest BCUT2D eigenvalue weighted by Crippen LogP contribution is 2.43. The van der Waals surface area contributed by atoms with Crippen LogP contribution in [-0.4, -0.2) is 51.2 Å². The number of hydrogen-bond donors (Lipinski definition) is 0. The van der Waals surface area contributed by atoms with E-state index < -0.39 is 0 Å². The largest absolute Gasteiger partial charge is 0.378 e. The van der Waals surface area contributed by atoms with Crippen LogP contribution >= 0.6 is 11.8 Å². The van der Waals surface area contributed by atoms with Gasteiger partial charge in [-0.05, 0) is 19.8 Å². The predicted molar refractivity (Wildman–Crippen MR) is 89.3 cm³/mol. The molecule has 9 heteroatoms. The van der Waals surface area contributed by atoms with E-state index in [0.717, 1.165) is 49.7 Å². The first-order valence-electron chi connectivity index (χ1n) is 8.53. The molecule has 2 fully saturated rings. The lowest BCUT2D eigenvalue weighted by Crippen LogP contribution is -2.38. The molecule has 24 heavy (non-hydrogen) atoms. The van der Waals surface area contributed by atoms with Crippen molar-refractivity contribution >= 4 is 17.7 Å². The average Bonchev–Trinajstić information content (AvgIpc) is 3.19. The van der Waals surface area contributed by atoms with Crippen LogP contribution in [-0.2, 0) is 11.2 Å². The first-order valence-corrected chi connectivity index (χ1v) is 9.41. The van der Waals surface area contributed by atoms with Crippen LogP contribution in [0.3, 0.4) is 0 Å². The summed E-state index contributed by atoms with van der Waals surface area (Å²) in [5.41, 5.74) is 0. The number of hydrogen-bond acceptors (Lipinski definition) is 8. The quantitative estimate of drug-likeness (QED) is 0.734. The number of anilines is 1. The fraction of sp³-hybridized carbons (Fsp3) is 0.733. The lowest BCUT2D eigenvalue weighted by atomic mass is 10.4. The molecule has 1 aliphatic carbocycles. The highest BCUT2D eigenvalue weighted by molar-refractivity contribution is 7.99. The van der Waals surface area contributed by atoms with Gasteiger partial charge in [0, 0.05) is 25.6 Å². The molecule has 0 N–H and O–H groups in total. The topological polar surface area (TPSA) is 82.1 Å². The first-order chi connectivity index (χ1) is 11.8. The van der Waals surface area contributed by atoms with Crippen molar-refractivity contribution in [3.63, 3.8) is 0 Å². The molecule has 1 aliphatic heterocycles. The standard InChI is InChI=1S/C15H22N6O2S/c1-3-12-16-13(23-19-12)10(2)24-15-18-17-14(21(15)11-4-5-11)20-6-8-22-9-7-20/h10-11H,3-9H2,1-2H3. The van der Waals surface area contributed by atoms with Gasteiger partial charge in [0.2, 0.25) is 11.8 Å². The van der Waals surface area contributed by atoms with E-state index in [-0.39, 0.29) is 5.25 Å². The number of thioether (sulfide) groups is 1. The number of ether oxygens (including phenoxy) is 1. The van der Waals surface area contributed by atoms with Gasteiger partial charge in [-0.25, -0.2) is 0 Å². The van der Waals surface area contributed by atoms with Crippen LogP contribution in [0, 0.1) is 0 Å². The molecule has 8 nitrogen and oxygen atoms in total. The third kappa shape index (κ3) is 3.14. The maximum atomic E-state index is 5.45. The number of morpholine rings is 1. The molecule has 4 rings (SSSR count). The number of rotatable bonds is 6. The molecule has 1 unspecified atom stereocenters. The van der Waals surface area contributed by atoms with Gasteiger partial charge in [0.05, 0.1) is 18.5 Å². The van der Waals surface area contributed by atoms with Gasteiger partial charge in [-0.3, -0.25) is 4.57 Å². The summed E-state index contributed by atoms with van der Waals surface area (Å²) in [6.45, 7) is 7.32. The van der Waals surface area contributed by atoms with Crippen molar-refractivity contribution in [2.24, 2.45) is 0 Å². The predicted octanol–water partition coefficient (Wildman–Crippen LogP) is 2.25. The summed E-state index contributed by atoms with van der Waals surface area (Å²) in [7, 11) is 0. The van der Waals surface area contributed by atoms with Crippen LogP contribution in [0.15, 0.2) is 9.68 Å². The molecule has 0 amide bonds. The summed E-state index contributed by atoms with van der Waals surface area (Å²) in [4.78, 5) is 6.70. The molecule has 3 heterocycles. The molecule has 0 aromatic carbocycles. The van der Waals surface area contributed by atoms with Crippen molar-refractivity contribution in [2.45, 2.75) is 49.6 Å². The Morgan fingerprint density at radius 1 is 1.25 bits per heavy atom.